The molecule has 3 N–H and O–H groups in total. The molecule has 1 heterocycles. The van der Waals surface area contributed by atoms with Gasteiger partial charge in [0.1, 0.15) is 5.82 Å². The number of para-hydroxylation sites is 1. The Morgan fingerprint density at radius 3 is 2.71 bits per heavy atom. The maximum Gasteiger partial charge on any atom is 0.151 e. The van der Waals surface area contributed by atoms with Crippen molar-refractivity contribution in [3.05, 3.63) is 29.6 Å². The zero-order valence-electron chi connectivity index (χ0n) is 10.3. The van der Waals surface area contributed by atoms with Crippen LogP contribution in [0.1, 0.15) is 31.7 Å². The number of fused-ring (bicyclic) bond motifs is 1. The van der Waals surface area contributed by atoms with Crippen LogP contribution in [-0.4, -0.2) is 9.97 Å². The Bertz CT molecular complexity index is 522. The van der Waals surface area contributed by atoms with Crippen LogP contribution < -0.4 is 11.3 Å². The number of hydrazine groups is 1. The van der Waals surface area contributed by atoms with E-state index in [1.54, 1.807) is 0 Å². The van der Waals surface area contributed by atoms with Gasteiger partial charge in [0, 0.05) is 11.8 Å². The number of anilines is 1. The second-order valence-corrected chi connectivity index (χ2v) is 4.05. The molecule has 2 aromatic rings. The number of hydrogen-bond acceptors (Lipinski definition) is 4. The SMILES string of the molecule is CCCc1nc(NN)c2cccc(CC)c2n1. The molecule has 90 valence electrons. The quantitative estimate of drug-likeness (QED) is 0.625. The maximum absolute atomic E-state index is 5.53. The third-order valence-electron chi connectivity index (χ3n) is 2.85. The average molecular weight is 230 g/mol. The van der Waals surface area contributed by atoms with Gasteiger partial charge in [-0.15, -0.1) is 0 Å². The Balaban J connectivity index is 2.68. The van der Waals surface area contributed by atoms with E-state index in [-0.39, 0.29) is 0 Å². The molecule has 0 atom stereocenters. The van der Waals surface area contributed by atoms with Crippen LogP contribution in [-0.2, 0) is 12.8 Å². The highest BCUT2D eigenvalue weighted by molar-refractivity contribution is 5.91. The van der Waals surface area contributed by atoms with Crippen LogP contribution in [0.2, 0.25) is 0 Å². The van der Waals surface area contributed by atoms with E-state index in [0.717, 1.165) is 36.0 Å². The minimum Gasteiger partial charge on any atom is -0.308 e. The molecule has 1 aromatic carbocycles. The number of nitrogen functional groups attached to an aromatic ring is 1. The molecule has 4 heteroatoms. The highest BCUT2D eigenvalue weighted by atomic mass is 15.3. The minimum atomic E-state index is 0.716. The molecular formula is C13H18N4. The van der Waals surface area contributed by atoms with Crippen molar-refractivity contribution in [2.24, 2.45) is 5.84 Å². The van der Waals surface area contributed by atoms with Crippen molar-refractivity contribution in [3.8, 4) is 0 Å². The molecule has 0 saturated heterocycles. The molecule has 4 nitrogen and oxygen atoms in total. The summed E-state index contributed by atoms with van der Waals surface area (Å²) in [5.41, 5.74) is 4.92. The van der Waals surface area contributed by atoms with E-state index in [9.17, 15) is 0 Å². The van der Waals surface area contributed by atoms with Gasteiger partial charge >= 0.3 is 0 Å². The monoisotopic (exact) mass is 230 g/mol. The lowest BCUT2D eigenvalue weighted by Gasteiger charge is -2.09. The average Bonchev–Trinajstić information content (AvgIpc) is 2.37. The Morgan fingerprint density at radius 2 is 2.06 bits per heavy atom. The molecule has 0 unspecified atom stereocenters. The molecule has 1 aromatic heterocycles. The van der Waals surface area contributed by atoms with E-state index in [1.807, 2.05) is 12.1 Å². The van der Waals surface area contributed by atoms with Crippen LogP contribution in [0.4, 0.5) is 5.82 Å². The zero-order valence-corrected chi connectivity index (χ0v) is 10.3. The molecular weight excluding hydrogens is 212 g/mol. The third-order valence-corrected chi connectivity index (χ3v) is 2.85. The maximum atomic E-state index is 5.53. The summed E-state index contributed by atoms with van der Waals surface area (Å²) >= 11 is 0. The van der Waals surface area contributed by atoms with Gasteiger partial charge in [0.2, 0.25) is 0 Å². The summed E-state index contributed by atoms with van der Waals surface area (Å²) in [4.78, 5) is 9.07. The first-order valence-corrected chi connectivity index (χ1v) is 6.05. The fraction of sp³-hybridized carbons (Fsp3) is 0.385. The minimum absolute atomic E-state index is 0.716. The van der Waals surface area contributed by atoms with Crippen molar-refractivity contribution >= 4 is 16.7 Å². The van der Waals surface area contributed by atoms with Gasteiger partial charge in [-0.05, 0) is 24.5 Å². The van der Waals surface area contributed by atoms with Crippen LogP contribution in [0.15, 0.2) is 18.2 Å². The molecule has 0 fully saturated rings. The fourth-order valence-electron chi connectivity index (χ4n) is 1.99. The number of aromatic nitrogens is 2. The standard InChI is InChI=1S/C13H18N4/c1-3-6-11-15-12-9(4-2)7-5-8-10(12)13(16-11)17-14/h5,7-8H,3-4,6,14H2,1-2H3,(H,15,16,17). The van der Waals surface area contributed by atoms with Crippen molar-refractivity contribution in [2.75, 3.05) is 5.43 Å². The van der Waals surface area contributed by atoms with Crippen molar-refractivity contribution in [1.29, 1.82) is 0 Å². The van der Waals surface area contributed by atoms with Gasteiger partial charge in [-0.3, -0.25) is 0 Å². The van der Waals surface area contributed by atoms with E-state index in [1.165, 1.54) is 5.56 Å². The summed E-state index contributed by atoms with van der Waals surface area (Å²) in [6, 6.07) is 6.12. The van der Waals surface area contributed by atoms with E-state index in [4.69, 9.17) is 5.84 Å². The molecule has 0 bridgehead atoms. The van der Waals surface area contributed by atoms with E-state index in [0.29, 0.717) is 5.82 Å². The summed E-state index contributed by atoms with van der Waals surface area (Å²) in [6.07, 6.45) is 2.87. The Kier molecular flexibility index (Phi) is 3.54. The number of benzene rings is 1. The lowest BCUT2D eigenvalue weighted by atomic mass is 10.1. The third kappa shape index (κ3) is 2.22. The van der Waals surface area contributed by atoms with Crippen molar-refractivity contribution < 1.29 is 0 Å². The van der Waals surface area contributed by atoms with Crippen LogP contribution >= 0.6 is 0 Å². The first-order chi connectivity index (χ1) is 8.30. The number of hydrogen-bond donors (Lipinski definition) is 2. The van der Waals surface area contributed by atoms with Gasteiger partial charge in [-0.1, -0.05) is 26.0 Å². The van der Waals surface area contributed by atoms with Gasteiger partial charge in [0.15, 0.2) is 5.82 Å². The largest absolute Gasteiger partial charge is 0.308 e. The predicted molar refractivity (Wildman–Crippen MR) is 70.7 cm³/mol. The predicted octanol–water partition coefficient (Wildman–Crippen LogP) is 2.43. The molecule has 0 aliphatic heterocycles. The second kappa shape index (κ2) is 5.10. The van der Waals surface area contributed by atoms with Crippen molar-refractivity contribution in [3.63, 3.8) is 0 Å². The molecule has 0 spiro atoms. The van der Waals surface area contributed by atoms with Gasteiger partial charge in [0.25, 0.3) is 0 Å². The first-order valence-electron chi connectivity index (χ1n) is 6.05. The summed E-state index contributed by atoms with van der Waals surface area (Å²) in [5, 5.41) is 0.992. The van der Waals surface area contributed by atoms with Crippen LogP contribution in [0.3, 0.4) is 0 Å². The second-order valence-electron chi connectivity index (χ2n) is 4.05. The highest BCUT2D eigenvalue weighted by Crippen LogP contribution is 2.23. The number of nitrogens with two attached hydrogens (primary N) is 1. The first kappa shape index (κ1) is 11.8. The van der Waals surface area contributed by atoms with Crippen molar-refractivity contribution in [2.45, 2.75) is 33.1 Å². The Hall–Kier alpha value is -1.68. The molecule has 0 aliphatic carbocycles. The van der Waals surface area contributed by atoms with Gasteiger partial charge in [-0.25, -0.2) is 15.8 Å². The topological polar surface area (TPSA) is 63.8 Å². The molecule has 2 rings (SSSR count). The highest BCUT2D eigenvalue weighted by Gasteiger charge is 2.08. The summed E-state index contributed by atoms with van der Waals surface area (Å²) < 4.78 is 0. The number of nitrogens with zero attached hydrogens (tertiary/aromatic N) is 2. The number of aryl methyl sites for hydroxylation is 2. The number of rotatable bonds is 4. The molecule has 0 amide bonds. The zero-order chi connectivity index (χ0) is 12.3. The molecule has 0 saturated carbocycles. The van der Waals surface area contributed by atoms with E-state index < -0.39 is 0 Å². The summed E-state index contributed by atoms with van der Waals surface area (Å²) in [5.74, 6) is 7.10. The normalized spacial score (nSPS) is 10.8. The van der Waals surface area contributed by atoms with Crippen LogP contribution in [0.25, 0.3) is 10.9 Å². The Labute approximate surface area is 101 Å². The van der Waals surface area contributed by atoms with Crippen LogP contribution in [0.5, 0.6) is 0 Å². The van der Waals surface area contributed by atoms with Crippen LogP contribution in [0, 0.1) is 0 Å². The van der Waals surface area contributed by atoms with Crippen molar-refractivity contribution in [1.82, 2.24) is 9.97 Å². The fourth-order valence-corrected chi connectivity index (χ4v) is 1.99. The summed E-state index contributed by atoms with van der Waals surface area (Å²) in [6.45, 7) is 4.25. The smallest absolute Gasteiger partial charge is 0.151 e. The van der Waals surface area contributed by atoms with E-state index in [2.05, 4.69) is 35.3 Å². The molecule has 17 heavy (non-hydrogen) atoms. The molecule has 0 aliphatic rings. The van der Waals surface area contributed by atoms with Gasteiger partial charge in [0.05, 0.1) is 5.52 Å². The Morgan fingerprint density at radius 1 is 1.24 bits per heavy atom. The lowest BCUT2D eigenvalue weighted by Crippen LogP contribution is -2.11. The lowest BCUT2D eigenvalue weighted by molar-refractivity contribution is 0.843. The molecule has 0 radical (unpaired) electrons. The van der Waals surface area contributed by atoms with Gasteiger partial charge < -0.3 is 5.43 Å². The van der Waals surface area contributed by atoms with Gasteiger partial charge in [-0.2, -0.15) is 0 Å². The summed E-state index contributed by atoms with van der Waals surface area (Å²) in [7, 11) is 0. The van der Waals surface area contributed by atoms with E-state index >= 15 is 0 Å². The number of nitrogens with one attached hydrogen (secondary N) is 1.